The number of hydrogen-bond acceptors (Lipinski definition) is 3. The molecular formula is C16H21BrN2O2S. The average molecular weight is 385 g/mol. The number of thiocarbonyl (C=S) groups is 1. The maximum atomic E-state index is 12.5. The van der Waals surface area contributed by atoms with E-state index in [0.29, 0.717) is 23.0 Å². The van der Waals surface area contributed by atoms with Gasteiger partial charge in [0.15, 0.2) is 5.11 Å². The molecule has 4 nitrogen and oxygen atoms in total. The van der Waals surface area contributed by atoms with Gasteiger partial charge in [-0.25, -0.2) is 0 Å². The van der Waals surface area contributed by atoms with Gasteiger partial charge in [0.05, 0.1) is 12.2 Å². The Balaban J connectivity index is 2.05. The molecule has 0 spiro atoms. The van der Waals surface area contributed by atoms with Crippen molar-refractivity contribution < 1.29 is 9.53 Å². The molecule has 0 bridgehead atoms. The van der Waals surface area contributed by atoms with Crippen LogP contribution in [0, 0.1) is 5.92 Å². The van der Waals surface area contributed by atoms with Crippen molar-refractivity contribution in [2.24, 2.45) is 5.92 Å². The highest BCUT2D eigenvalue weighted by Gasteiger charge is 2.21. The van der Waals surface area contributed by atoms with Crippen LogP contribution in [0.1, 0.15) is 37.0 Å². The molecular weight excluding hydrogens is 364 g/mol. The molecule has 1 aliphatic rings. The van der Waals surface area contributed by atoms with E-state index in [-0.39, 0.29) is 5.91 Å². The number of halogens is 1. The maximum absolute atomic E-state index is 12.5. The highest BCUT2D eigenvalue weighted by Crippen LogP contribution is 2.23. The Kier molecular flexibility index (Phi) is 6.20. The van der Waals surface area contributed by atoms with E-state index in [0.717, 1.165) is 36.3 Å². The van der Waals surface area contributed by atoms with Gasteiger partial charge in [0.1, 0.15) is 5.75 Å². The van der Waals surface area contributed by atoms with E-state index in [2.05, 4.69) is 33.1 Å². The highest BCUT2D eigenvalue weighted by atomic mass is 79.9. The molecule has 0 aliphatic carbocycles. The number of rotatable bonds is 3. The van der Waals surface area contributed by atoms with E-state index < -0.39 is 0 Å². The number of hydrogen-bond donors (Lipinski definition) is 1. The molecule has 1 saturated heterocycles. The average Bonchev–Trinajstić information content (AvgIpc) is 2.49. The molecule has 2 rings (SSSR count). The first-order chi connectivity index (χ1) is 10.5. The van der Waals surface area contributed by atoms with Crippen LogP contribution in [0.2, 0.25) is 0 Å². The van der Waals surface area contributed by atoms with Crippen LogP contribution in [0.4, 0.5) is 0 Å². The van der Waals surface area contributed by atoms with Crippen molar-refractivity contribution >= 4 is 39.2 Å². The number of nitrogens with one attached hydrogen (secondary N) is 1. The van der Waals surface area contributed by atoms with Crippen LogP contribution in [-0.2, 0) is 0 Å². The number of likely N-dealkylation sites (tertiary alicyclic amines) is 1. The van der Waals surface area contributed by atoms with Crippen LogP contribution in [0.25, 0.3) is 0 Å². The predicted octanol–water partition coefficient (Wildman–Crippen LogP) is 3.59. The summed E-state index contributed by atoms with van der Waals surface area (Å²) in [7, 11) is 0. The molecule has 1 amide bonds. The van der Waals surface area contributed by atoms with Crippen molar-refractivity contribution in [1.82, 2.24) is 10.2 Å². The van der Waals surface area contributed by atoms with Crippen molar-refractivity contribution in [2.45, 2.75) is 26.7 Å². The van der Waals surface area contributed by atoms with Gasteiger partial charge in [-0.3, -0.25) is 10.1 Å². The van der Waals surface area contributed by atoms with Crippen LogP contribution >= 0.6 is 28.1 Å². The molecule has 1 aliphatic heterocycles. The molecule has 0 radical (unpaired) electrons. The minimum absolute atomic E-state index is 0.228. The van der Waals surface area contributed by atoms with Crippen molar-refractivity contribution in [3.63, 3.8) is 0 Å². The van der Waals surface area contributed by atoms with Gasteiger partial charge in [0, 0.05) is 17.6 Å². The number of piperidine rings is 1. The summed E-state index contributed by atoms with van der Waals surface area (Å²) < 4.78 is 6.35. The van der Waals surface area contributed by atoms with Gasteiger partial charge in [0.2, 0.25) is 0 Å². The first-order valence-corrected chi connectivity index (χ1v) is 8.74. The van der Waals surface area contributed by atoms with Gasteiger partial charge in [-0.05, 0) is 56.1 Å². The zero-order valence-corrected chi connectivity index (χ0v) is 15.3. The van der Waals surface area contributed by atoms with Crippen LogP contribution in [-0.4, -0.2) is 35.6 Å². The van der Waals surface area contributed by atoms with Crippen molar-refractivity contribution in [3.8, 4) is 5.75 Å². The van der Waals surface area contributed by atoms with E-state index in [9.17, 15) is 4.79 Å². The van der Waals surface area contributed by atoms with Gasteiger partial charge < -0.3 is 9.64 Å². The zero-order chi connectivity index (χ0) is 16.1. The van der Waals surface area contributed by atoms with E-state index in [1.54, 1.807) is 12.1 Å². The summed E-state index contributed by atoms with van der Waals surface area (Å²) in [6, 6.07) is 5.39. The molecule has 0 unspecified atom stereocenters. The summed E-state index contributed by atoms with van der Waals surface area (Å²) >= 11 is 8.76. The molecule has 1 N–H and O–H groups in total. The first-order valence-electron chi connectivity index (χ1n) is 7.54. The quantitative estimate of drug-likeness (QED) is 0.808. The van der Waals surface area contributed by atoms with E-state index in [1.807, 2.05) is 13.0 Å². The normalized spacial score (nSPS) is 15.5. The Labute approximate surface area is 145 Å². The van der Waals surface area contributed by atoms with E-state index >= 15 is 0 Å². The molecule has 0 saturated carbocycles. The summed E-state index contributed by atoms with van der Waals surface area (Å²) in [5.41, 5.74) is 0.490. The standard InChI is InChI=1S/C16H21BrN2O2S/c1-3-21-14-5-4-12(17)10-13(14)15(20)18-16(22)19-8-6-11(2)7-9-19/h4-5,10-11H,3,6-9H2,1-2H3,(H,18,20,22). The minimum Gasteiger partial charge on any atom is -0.493 e. The third-order valence-electron chi connectivity index (χ3n) is 3.78. The third kappa shape index (κ3) is 4.43. The van der Waals surface area contributed by atoms with Gasteiger partial charge in [0.25, 0.3) is 5.91 Å². The molecule has 0 aromatic heterocycles. The lowest BCUT2D eigenvalue weighted by Gasteiger charge is -2.32. The third-order valence-corrected chi connectivity index (χ3v) is 4.63. The Hall–Kier alpha value is -1.14. The van der Waals surface area contributed by atoms with Gasteiger partial charge in [-0.2, -0.15) is 0 Å². The molecule has 1 heterocycles. The topological polar surface area (TPSA) is 41.6 Å². The number of carbonyl (C=O) groups excluding carboxylic acids is 1. The fourth-order valence-corrected chi connectivity index (χ4v) is 3.05. The molecule has 120 valence electrons. The van der Waals surface area contributed by atoms with Crippen LogP contribution in [0.15, 0.2) is 22.7 Å². The second-order valence-corrected chi connectivity index (χ2v) is 6.80. The molecule has 1 aromatic carbocycles. The summed E-state index contributed by atoms with van der Waals surface area (Å²) in [5.74, 6) is 1.07. The Morgan fingerprint density at radius 1 is 1.45 bits per heavy atom. The second-order valence-electron chi connectivity index (χ2n) is 5.50. The smallest absolute Gasteiger partial charge is 0.261 e. The fraction of sp³-hybridized carbons (Fsp3) is 0.500. The molecule has 22 heavy (non-hydrogen) atoms. The zero-order valence-electron chi connectivity index (χ0n) is 12.9. The van der Waals surface area contributed by atoms with Crippen molar-refractivity contribution in [1.29, 1.82) is 0 Å². The highest BCUT2D eigenvalue weighted by molar-refractivity contribution is 9.10. The predicted molar refractivity (Wildman–Crippen MR) is 95.3 cm³/mol. The van der Waals surface area contributed by atoms with Gasteiger partial charge in [-0.1, -0.05) is 22.9 Å². The van der Waals surface area contributed by atoms with Crippen molar-refractivity contribution in [3.05, 3.63) is 28.2 Å². The van der Waals surface area contributed by atoms with Crippen LogP contribution in [0.3, 0.4) is 0 Å². The monoisotopic (exact) mass is 384 g/mol. The summed E-state index contributed by atoms with van der Waals surface area (Å²) in [5, 5.41) is 3.32. The minimum atomic E-state index is -0.228. The first kappa shape index (κ1) is 17.2. The van der Waals surface area contributed by atoms with Gasteiger partial charge in [-0.15, -0.1) is 0 Å². The number of amides is 1. The number of nitrogens with zero attached hydrogens (tertiary/aromatic N) is 1. The molecule has 1 aromatic rings. The Bertz CT molecular complexity index is 557. The Morgan fingerprint density at radius 2 is 2.14 bits per heavy atom. The lowest BCUT2D eigenvalue weighted by atomic mass is 10.00. The number of ether oxygens (including phenoxy) is 1. The van der Waals surface area contributed by atoms with E-state index in [1.165, 1.54) is 0 Å². The molecule has 6 heteroatoms. The fourth-order valence-electron chi connectivity index (χ4n) is 2.42. The number of carbonyl (C=O) groups is 1. The molecule has 0 atom stereocenters. The van der Waals surface area contributed by atoms with E-state index in [4.69, 9.17) is 17.0 Å². The van der Waals surface area contributed by atoms with Gasteiger partial charge >= 0.3 is 0 Å². The lowest BCUT2D eigenvalue weighted by Crippen LogP contribution is -2.46. The lowest BCUT2D eigenvalue weighted by molar-refractivity contribution is 0.0968. The van der Waals surface area contributed by atoms with Crippen molar-refractivity contribution in [2.75, 3.05) is 19.7 Å². The second kappa shape index (κ2) is 7.92. The largest absolute Gasteiger partial charge is 0.493 e. The SMILES string of the molecule is CCOc1ccc(Br)cc1C(=O)NC(=S)N1CCC(C)CC1. The van der Waals surface area contributed by atoms with Crippen LogP contribution in [0.5, 0.6) is 5.75 Å². The molecule has 1 fully saturated rings. The Morgan fingerprint density at radius 3 is 2.77 bits per heavy atom. The maximum Gasteiger partial charge on any atom is 0.261 e. The summed E-state index contributed by atoms with van der Waals surface area (Å²) in [6.45, 7) is 6.45. The van der Waals surface area contributed by atoms with Crippen LogP contribution < -0.4 is 10.1 Å². The summed E-state index contributed by atoms with van der Waals surface area (Å²) in [6.07, 6.45) is 2.22. The summed E-state index contributed by atoms with van der Waals surface area (Å²) in [4.78, 5) is 14.5. The number of benzene rings is 1.